The molecule has 0 saturated carbocycles. The van der Waals surface area contributed by atoms with Gasteiger partial charge < -0.3 is 10.6 Å². The van der Waals surface area contributed by atoms with Gasteiger partial charge >= 0.3 is 0 Å². The van der Waals surface area contributed by atoms with Gasteiger partial charge in [0, 0.05) is 24.0 Å². The lowest BCUT2D eigenvalue weighted by Crippen LogP contribution is -2.23. The van der Waals surface area contributed by atoms with Crippen LogP contribution in [-0.4, -0.2) is 16.8 Å². The predicted molar refractivity (Wildman–Crippen MR) is 106 cm³/mol. The molecular formula is C22H21N3O2. The average molecular weight is 359 g/mol. The first kappa shape index (κ1) is 18.3. The zero-order chi connectivity index (χ0) is 19.2. The standard InChI is InChI=1S/C22H21N3O2/c1-15-6-5-8-17(12-15)14-24-21(26)18-10-11-23-20(13-18)22(27)25-19-9-4-3-7-16(19)2/h3-13H,14H2,1-2H3,(H,24,26)(H,25,27). The van der Waals surface area contributed by atoms with Crippen LogP contribution < -0.4 is 10.6 Å². The number of aromatic nitrogens is 1. The van der Waals surface area contributed by atoms with Gasteiger partial charge in [-0.3, -0.25) is 14.6 Å². The normalized spacial score (nSPS) is 10.3. The van der Waals surface area contributed by atoms with E-state index in [0.717, 1.165) is 22.4 Å². The zero-order valence-electron chi connectivity index (χ0n) is 15.3. The molecule has 0 spiro atoms. The molecule has 5 heteroatoms. The molecule has 0 aliphatic carbocycles. The quantitative estimate of drug-likeness (QED) is 0.726. The van der Waals surface area contributed by atoms with Crippen LogP contribution in [0, 0.1) is 13.8 Å². The molecule has 27 heavy (non-hydrogen) atoms. The number of carbonyl (C=O) groups is 2. The third kappa shape index (κ3) is 4.79. The molecule has 2 N–H and O–H groups in total. The number of carbonyl (C=O) groups excluding carboxylic acids is 2. The molecule has 136 valence electrons. The smallest absolute Gasteiger partial charge is 0.274 e. The van der Waals surface area contributed by atoms with Gasteiger partial charge in [0.2, 0.25) is 0 Å². The molecule has 0 atom stereocenters. The second-order valence-electron chi connectivity index (χ2n) is 6.37. The van der Waals surface area contributed by atoms with Crippen LogP contribution in [0.15, 0.2) is 66.9 Å². The third-order valence-corrected chi connectivity index (χ3v) is 4.18. The fourth-order valence-electron chi connectivity index (χ4n) is 2.70. The molecule has 2 amide bonds. The molecule has 0 radical (unpaired) electrons. The lowest BCUT2D eigenvalue weighted by molar-refractivity contribution is 0.0950. The Hall–Kier alpha value is -3.47. The van der Waals surface area contributed by atoms with Crippen molar-refractivity contribution in [2.45, 2.75) is 20.4 Å². The SMILES string of the molecule is Cc1cccc(CNC(=O)c2ccnc(C(=O)Nc3ccccc3C)c2)c1. The highest BCUT2D eigenvalue weighted by atomic mass is 16.2. The highest BCUT2D eigenvalue weighted by Crippen LogP contribution is 2.14. The molecule has 1 aromatic heterocycles. The lowest BCUT2D eigenvalue weighted by atomic mass is 10.1. The second-order valence-corrected chi connectivity index (χ2v) is 6.37. The van der Waals surface area contributed by atoms with Gasteiger partial charge in [0.1, 0.15) is 5.69 Å². The van der Waals surface area contributed by atoms with Crippen molar-refractivity contribution in [3.8, 4) is 0 Å². The molecule has 3 rings (SSSR count). The van der Waals surface area contributed by atoms with E-state index >= 15 is 0 Å². The molecule has 0 fully saturated rings. The van der Waals surface area contributed by atoms with E-state index in [0.29, 0.717) is 12.1 Å². The number of amides is 2. The minimum atomic E-state index is -0.349. The topological polar surface area (TPSA) is 71.1 Å². The average Bonchev–Trinajstić information content (AvgIpc) is 2.68. The maximum absolute atomic E-state index is 12.5. The van der Waals surface area contributed by atoms with E-state index in [2.05, 4.69) is 15.6 Å². The summed E-state index contributed by atoms with van der Waals surface area (Å²) in [6.07, 6.45) is 1.47. The van der Waals surface area contributed by atoms with Gasteiger partial charge in [-0.15, -0.1) is 0 Å². The van der Waals surface area contributed by atoms with Crippen molar-refractivity contribution < 1.29 is 9.59 Å². The van der Waals surface area contributed by atoms with Crippen molar-refractivity contribution in [1.82, 2.24) is 10.3 Å². The number of para-hydroxylation sites is 1. The van der Waals surface area contributed by atoms with Crippen LogP contribution in [0.1, 0.15) is 37.5 Å². The zero-order valence-corrected chi connectivity index (χ0v) is 15.3. The Labute approximate surface area is 158 Å². The molecule has 0 bridgehead atoms. The van der Waals surface area contributed by atoms with E-state index in [9.17, 15) is 9.59 Å². The van der Waals surface area contributed by atoms with Gasteiger partial charge in [-0.25, -0.2) is 0 Å². The highest BCUT2D eigenvalue weighted by molar-refractivity contribution is 6.05. The van der Waals surface area contributed by atoms with E-state index in [-0.39, 0.29) is 17.5 Å². The van der Waals surface area contributed by atoms with Gasteiger partial charge in [-0.1, -0.05) is 48.0 Å². The largest absolute Gasteiger partial charge is 0.348 e. The number of hydrogen-bond donors (Lipinski definition) is 2. The summed E-state index contributed by atoms with van der Waals surface area (Å²) in [4.78, 5) is 29.0. The molecule has 0 aliphatic heterocycles. The monoisotopic (exact) mass is 359 g/mol. The third-order valence-electron chi connectivity index (χ3n) is 4.18. The Morgan fingerprint density at radius 3 is 2.52 bits per heavy atom. The van der Waals surface area contributed by atoms with Gasteiger partial charge in [0.25, 0.3) is 11.8 Å². The summed E-state index contributed by atoms with van der Waals surface area (Å²) in [5.74, 6) is -0.596. The van der Waals surface area contributed by atoms with Gasteiger partial charge in [0.05, 0.1) is 0 Å². The lowest BCUT2D eigenvalue weighted by Gasteiger charge is -2.09. The molecule has 2 aromatic carbocycles. The van der Waals surface area contributed by atoms with Crippen molar-refractivity contribution in [2.75, 3.05) is 5.32 Å². The molecular weight excluding hydrogens is 338 g/mol. The highest BCUT2D eigenvalue weighted by Gasteiger charge is 2.13. The van der Waals surface area contributed by atoms with Crippen molar-refractivity contribution in [3.63, 3.8) is 0 Å². The first-order valence-electron chi connectivity index (χ1n) is 8.70. The Bertz CT molecular complexity index is 983. The number of nitrogens with zero attached hydrogens (tertiary/aromatic N) is 1. The molecule has 0 aliphatic rings. The van der Waals surface area contributed by atoms with E-state index in [1.54, 1.807) is 6.07 Å². The van der Waals surface area contributed by atoms with Crippen LogP contribution in [0.2, 0.25) is 0 Å². The van der Waals surface area contributed by atoms with Crippen molar-refractivity contribution in [2.24, 2.45) is 0 Å². The summed E-state index contributed by atoms with van der Waals surface area (Å²) in [5.41, 5.74) is 4.43. The van der Waals surface area contributed by atoms with E-state index in [1.165, 1.54) is 12.3 Å². The molecule has 0 saturated heterocycles. The molecule has 5 nitrogen and oxygen atoms in total. The number of aryl methyl sites for hydroxylation is 2. The summed E-state index contributed by atoms with van der Waals surface area (Å²) >= 11 is 0. The van der Waals surface area contributed by atoms with E-state index in [4.69, 9.17) is 0 Å². The maximum Gasteiger partial charge on any atom is 0.274 e. The first-order chi connectivity index (χ1) is 13.0. The summed E-state index contributed by atoms with van der Waals surface area (Å²) in [6.45, 7) is 4.35. The van der Waals surface area contributed by atoms with Crippen molar-refractivity contribution in [3.05, 3.63) is 94.8 Å². The minimum Gasteiger partial charge on any atom is -0.348 e. The number of rotatable bonds is 5. The fraction of sp³-hybridized carbons (Fsp3) is 0.136. The van der Waals surface area contributed by atoms with Crippen molar-refractivity contribution in [1.29, 1.82) is 0 Å². The fourth-order valence-corrected chi connectivity index (χ4v) is 2.70. The summed E-state index contributed by atoms with van der Waals surface area (Å²) < 4.78 is 0. The number of benzene rings is 2. The van der Waals surface area contributed by atoms with Crippen LogP contribution in [-0.2, 0) is 6.54 Å². The summed E-state index contributed by atoms with van der Waals surface area (Å²) in [5, 5.41) is 5.69. The van der Waals surface area contributed by atoms with Crippen LogP contribution in [0.4, 0.5) is 5.69 Å². The summed E-state index contributed by atoms with van der Waals surface area (Å²) in [7, 11) is 0. The van der Waals surface area contributed by atoms with Crippen molar-refractivity contribution >= 4 is 17.5 Å². The Morgan fingerprint density at radius 1 is 0.926 bits per heavy atom. The molecule has 0 unspecified atom stereocenters. The predicted octanol–water partition coefficient (Wildman–Crippen LogP) is 3.88. The number of nitrogens with one attached hydrogen (secondary N) is 2. The van der Waals surface area contributed by atoms with Crippen LogP contribution in [0.3, 0.4) is 0 Å². The summed E-state index contributed by atoms with van der Waals surface area (Å²) in [6, 6.07) is 18.5. The van der Waals surface area contributed by atoms with Gasteiger partial charge in [-0.05, 0) is 43.2 Å². The Kier molecular flexibility index (Phi) is 5.61. The number of pyridine rings is 1. The van der Waals surface area contributed by atoms with Crippen LogP contribution in [0.5, 0.6) is 0 Å². The Balaban J connectivity index is 1.68. The van der Waals surface area contributed by atoms with Crippen LogP contribution >= 0.6 is 0 Å². The van der Waals surface area contributed by atoms with Crippen LogP contribution in [0.25, 0.3) is 0 Å². The minimum absolute atomic E-state index is 0.196. The molecule has 1 heterocycles. The number of hydrogen-bond acceptors (Lipinski definition) is 3. The Morgan fingerprint density at radius 2 is 1.74 bits per heavy atom. The number of anilines is 1. The van der Waals surface area contributed by atoms with E-state index < -0.39 is 0 Å². The first-order valence-corrected chi connectivity index (χ1v) is 8.70. The van der Waals surface area contributed by atoms with E-state index in [1.807, 2.05) is 62.4 Å². The molecule has 3 aromatic rings. The maximum atomic E-state index is 12.5. The van der Waals surface area contributed by atoms with Gasteiger partial charge in [-0.2, -0.15) is 0 Å². The second kappa shape index (κ2) is 8.27. The van der Waals surface area contributed by atoms with Gasteiger partial charge in [0.15, 0.2) is 0 Å².